The number of amides is 1. The predicted octanol–water partition coefficient (Wildman–Crippen LogP) is 4.37. The number of hydrogen-bond acceptors (Lipinski definition) is 4. The van der Waals surface area contributed by atoms with Gasteiger partial charge in [-0.2, -0.15) is 0 Å². The molecule has 0 radical (unpaired) electrons. The first-order valence-corrected chi connectivity index (χ1v) is 8.90. The molecule has 27 heavy (non-hydrogen) atoms. The van der Waals surface area contributed by atoms with Gasteiger partial charge in [-0.3, -0.25) is 9.78 Å². The van der Waals surface area contributed by atoms with E-state index >= 15 is 0 Å². The lowest BCUT2D eigenvalue weighted by Crippen LogP contribution is -2.23. The second kappa shape index (κ2) is 8.85. The smallest absolute Gasteiger partial charge is 0.274 e. The maximum atomic E-state index is 12.6. The zero-order valence-corrected chi connectivity index (χ0v) is 15.6. The highest BCUT2D eigenvalue weighted by Gasteiger charge is 2.12. The van der Waals surface area contributed by atoms with Gasteiger partial charge >= 0.3 is 0 Å². The first kappa shape index (κ1) is 18.5. The molecule has 0 atom stereocenters. The third-order valence-corrected chi connectivity index (χ3v) is 4.27. The molecule has 0 saturated heterocycles. The Labute approximate surface area is 159 Å². The largest absolute Gasteiger partial charge is 0.497 e. The molecule has 0 saturated carbocycles. The van der Waals surface area contributed by atoms with Crippen molar-refractivity contribution in [2.75, 3.05) is 23.9 Å². The Hall–Kier alpha value is -3.34. The van der Waals surface area contributed by atoms with Crippen molar-refractivity contribution in [3.05, 3.63) is 84.2 Å². The summed E-state index contributed by atoms with van der Waals surface area (Å²) in [6, 6.07) is 21.3. The van der Waals surface area contributed by atoms with Crippen molar-refractivity contribution in [2.45, 2.75) is 13.5 Å². The highest BCUT2D eigenvalue weighted by molar-refractivity contribution is 6.03. The van der Waals surface area contributed by atoms with Crippen molar-refractivity contribution in [1.82, 2.24) is 4.98 Å². The molecule has 2 aromatic carbocycles. The molecular formula is C22H23N3O2. The van der Waals surface area contributed by atoms with Crippen LogP contribution in [0, 0.1) is 0 Å². The number of rotatable bonds is 7. The van der Waals surface area contributed by atoms with E-state index in [1.54, 1.807) is 19.4 Å². The van der Waals surface area contributed by atoms with Gasteiger partial charge in [0.2, 0.25) is 0 Å². The Balaban J connectivity index is 1.76. The minimum atomic E-state index is -0.249. The van der Waals surface area contributed by atoms with Gasteiger partial charge < -0.3 is 15.0 Å². The Morgan fingerprint density at radius 1 is 1.07 bits per heavy atom. The van der Waals surface area contributed by atoms with Gasteiger partial charge in [-0.15, -0.1) is 0 Å². The number of nitrogens with one attached hydrogen (secondary N) is 1. The SMILES string of the molecule is CCN(Cc1ccccc1)c1ccnc(C(=O)Nc2cccc(OC)c2)c1. The molecule has 3 rings (SSSR count). The lowest BCUT2D eigenvalue weighted by Gasteiger charge is -2.23. The number of nitrogens with zero attached hydrogens (tertiary/aromatic N) is 2. The van der Waals surface area contributed by atoms with Crippen molar-refractivity contribution in [1.29, 1.82) is 0 Å². The van der Waals surface area contributed by atoms with E-state index in [0.717, 1.165) is 18.8 Å². The van der Waals surface area contributed by atoms with Crippen molar-refractivity contribution >= 4 is 17.3 Å². The first-order chi connectivity index (χ1) is 13.2. The molecule has 0 aliphatic rings. The molecule has 0 fully saturated rings. The van der Waals surface area contributed by atoms with Crippen molar-refractivity contribution in [3.8, 4) is 5.75 Å². The number of anilines is 2. The van der Waals surface area contributed by atoms with Gasteiger partial charge in [-0.05, 0) is 36.8 Å². The van der Waals surface area contributed by atoms with Crippen molar-refractivity contribution in [3.63, 3.8) is 0 Å². The Bertz CT molecular complexity index is 897. The molecule has 0 bridgehead atoms. The third kappa shape index (κ3) is 4.85. The van der Waals surface area contributed by atoms with Crippen molar-refractivity contribution in [2.24, 2.45) is 0 Å². The summed E-state index contributed by atoms with van der Waals surface area (Å²) in [4.78, 5) is 19.0. The van der Waals surface area contributed by atoms with Crippen LogP contribution < -0.4 is 15.0 Å². The summed E-state index contributed by atoms with van der Waals surface area (Å²) in [5.74, 6) is 0.440. The normalized spacial score (nSPS) is 10.3. The van der Waals surface area contributed by atoms with Crippen molar-refractivity contribution < 1.29 is 9.53 Å². The van der Waals surface area contributed by atoms with Gasteiger partial charge in [0.15, 0.2) is 0 Å². The zero-order valence-electron chi connectivity index (χ0n) is 15.6. The number of benzene rings is 2. The summed E-state index contributed by atoms with van der Waals surface area (Å²) in [5.41, 5.74) is 3.23. The fourth-order valence-corrected chi connectivity index (χ4v) is 2.83. The van der Waals surface area contributed by atoms with E-state index in [0.29, 0.717) is 17.1 Å². The maximum absolute atomic E-state index is 12.6. The summed E-state index contributed by atoms with van der Waals surface area (Å²) >= 11 is 0. The molecule has 5 nitrogen and oxygen atoms in total. The fourth-order valence-electron chi connectivity index (χ4n) is 2.83. The van der Waals surface area contributed by atoms with Gasteiger partial charge in [-0.25, -0.2) is 0 Å². The highest BCUT2D eigenvalue weighted by atomic mass is 16.5. The van der Waals surface area contributed by atoms with Gasteiger partial charge in [-0.1, -0.05) is 36.4 Å². The summed E-state index contributed by atoms with van der Waals surface area (Å²) < 4.78 is 5.19. The van der Waals surface area contributed by atoms with Crippen LogP contribution >= 0.6 is 0 Å². The summed E-state index contributed by atoms with van der Waals surface area (Å²) in [6.45, 7) is 3.70. The lowest BCUT2D eigenvalue weighted by molar-refractivity contribution is 0.102. The van der Waals surface area contributed by atoms with Crippen LogP contribution in [0.25, 0.3) is 0 Å². The summed E-state index contributed by atoms with van der Waals surface area (Å²) in [6.07, 6.45) is 1.67. The number of carbonyl (C=O) groups is 1. The average Bonchev–Trinajstić information content (AvgIpc) is 2.73. The van der Waals surface area contributed by atoms with E-state index in [4.69, 9.17) is 4.74 Å². The van der Waals surface area contributed by atoms with E-state index in [1.165, 1.54) is 5.56 Å². The third-order valence-electron chi connectivity index (χ3n) is 4.27. The molecule has 0 aliphatic heterocycles. The van der Waals surface area contributed by atoms with Gasteiger partial charge in [0, 0.05) is 36.7 Å². The number of aromatic nitrogens is 1. The minimum Gasteiger partial charge on any atom is -0.497 e. The van der Waals surface area contributed by atoms with Crippen LogP contribution in [0.1, 0.15) is 23.0 Å². The first-order valence-electron chi connectivity index (χ1n) is 8.90. The molecule has 5 heteroatoms. The van der Waals surface area contributed by atoms with Crippen LogP contribution in [0.15, 0.2) is 72.9 Å². The summed E-state index contributed by atoms with van der Waals surface area (Å²) in [7, 11) is 1.60. The van der Waals surface area contributed by atoms with E-state index in [9.17, 15) is 4.79 Å². The zero-order chi connectivity index (χ0) is 19.1. The molecule has 1 heterocycles. The van der Waals surface area contributed by atoms with E-state index < -0.39 is 0 Å². The quantitative estimate of drug-likeness (QED) is 0.679. The molecule has 0 unspecified atom stereocenters. The van der Waals surface area contributed by atoms with Gasteiger partial charge in [0.1, 0.15) is 11.4 Å². The molecule has 0 spiro atoms. The molecule has 3 aromatic rings. The van der Waals surface area contributed by atoms with Crippen LogP contribution in [-0.2, 0) is 6.54 Å². The van der Waals surface area contributed by atoms with Crippen LogP contribution in [-0.4, -0.2) is 24.5 Å². The second-order valence-electron chi connectivity index (χ2n) is 6.09. The van der Waals surface area contributed by atoms with Crippen LogP contribution in [0.3, 0.4) is 0 Å². The van der Waals surface area contributed by atoms with Crippen LogP contribution in [0.2, 0.25) is 0 Å². The molecule has 1 amide bonds. The number of carbonyl (C=O) groups excluding carboxylic acids is 1. The summed E-state index contributed by atoms with van der Waals surface area (Å²) in [5, 5.41) is 2.87. The van der Waals surface area contributed by atoms with Crippen LogP contribution in [0.4, 0.5) is 11.4 Å². The van der Waals surface area contributed by atoms with Gasteiger partial charge in [0.25, 0.3) is 5.91 Å². The van der Waals surface area contributed by atoms with Gasteiger partial charge in [0.05, 0.1) is 7.11 Å². The molecule has 138 valence electrons. The number of ether oxygens (including phenoxy) is 1. The number of methoxy groups -OCH3 is 1. The fraction of sp³-hybridized carbons (Fsp3) is 0.182. The Kier molecular flexibility index (Phi) is 6.05. The Morgan fingerprint density at radius 2 is 1.89 bits per heavy atom. The minimum absolute atomic E-state index is 0.249. The van der Waals surface area contributed by atoms with E-state index in [1.807, 2.05) is 48.5 Å². The molecular weight excluding hydrogens is 338 g/mol. The number of pyridine rings is 1. The maximum Gasteiger partial charge on any atom is 0.274 e. The molecule has 1 N–H and O–H groups in total. The molecule has 1 aromatic heterocycles. The standard InChI is InChI=1S/C22H23N3O2/c1-3-25(16-17-8-5-4-6-9-17)19-12-13-23-21(15-19)22(26)24-18-10-7-11-20(14-18)27-2/h4-15H,3,16H2,1-2H3,(H,24,26). The average molecular weight is 361 g/mol. The van der Waals surface area contributed by atoms with E-state index in [2.05, 4.69) is 34.3 Å². The highest BCUT2D eigenvalue weighted by Crippen LogP contribution is 2.20. The Morgan fingerprint density at radius 3 is 2.63 bits per heavy atom. The monoisotopic (exact) mass is 361 g/mol. The lowest BCUT2D eigenvalue weighted by atomic mass is 10.2. The molecule has 0 aliphatic carbocycles. The predicted molar refractivity (Wildman–Crippen MR) is 108 cm³/mol. The topological polar surface area (TPSA) is 54.5 Å². The second-order valence-corrected chi connectivity index (χ2v) is 6.09. The van der Waals surface area contributed by atoms with E-state index in [-0.39, 0.29) is 5.91 Å². The van der Waals surface area contributed by atoms with Crippen LogP contribution in [0.5, 0.6) is 5.75 Å². The number of hydrogen-bond donors (Lipinski definition) is 1.